The summed E-state index contributed by atoms with van der Waals surface area (Å²) < 4.78 is 26.3. The second kappa shape index (κ2) is 5.44. The first-order chi connectivity index (χ1) is 8.14. The van der Waals surface area contributed by atoms with Gasteiger partial charge in [-0.2, -0.15) is 0 Å². The van der Waals surface area contributed by atoms with Crippen LogP contribution in [0.25, 0.3) is 0 Å². The lowest BCUT2D eigenvalue weighted by atomic mass is 9.96. The van der Waals surface area contributed by atoms with Gasteiger partial charge in [-0.1, -0.05) is 20.8 Å². The SMILES string of the molecule is CC(C)(C)c1nc(Br)cc(NCC(F)(F)CO)n1. The number of nitrogens with one attached hydrogen (secondary N) is 1. The van der Waals surface area contributed by atoms with Crippen molar-refractivity contribution < 1.29 is 13.9 Å². The molecule has 1 aromatic heterocycles. The number of halogens is 3. The molecule has 0 atom stereocenters. The molecule has 18 heavy (non-hydrogen) atoms. The maximum Gasteiger partial charge on any atom is 0.287 e. The molecule has 0 amide bonds. The highest BCUT2D eigenvalue weighted by Crippen LogP contribution is 2.23. The first-order valence-corrected chi connectivity index (χ1v) is 6.21. The van der Waals surface area contributed by atoms with Gasteiger partial charge in [0.2, 0.25) is 0 Å². The van der Waals surface area contributed by atoms with Gasteiger partial charge in [-0.3, -0.25) is 0 Å². The van der Waals surface area contributed by atoms with Crippen LogP contribution in [0.15, 0.2) is 10.7 Å². The summed E-state index contributed by atoms with van der Waals surface area (Å²) in [5.74, 6) is -2.32. The summed E-state index contributed by atoms with van der Waals surface area (Å²) in [6.45, 7) is 3.93. The van der Waals surface area contributed by atoms with Crippen LogP contribution in [0.3, 0.4) is 0 Å². The normalized spacial score (nSPS) is 12.6. The molecule has 2 N–H and O–H groups in total. The van der Waals surface area contributed by atoms with Crippen molar-refractivity contribution in [3.63, 3.8) is 0 Å². The van der Waals surface area contributed by atoms with Crippen molar-refractivity contribution >= 4 is 21.7 Å². The largest absolute Gasteiger partial charge is 0.390 e. The number of anilines is 1. The van der Waals surface area contributed by atoms with Crippen LogP contribution >= 0.6 is 15.9 Å². The Bertz CT molecular complexity index is 421. The van der Waals surface area contributed by atoms with E-state index in [1.165, 1.54) is 6.07 Å². The maximum absolute atomic E-state index is 12.9. The monoisotopic (exact) mass is 323 g/mol. The highest BCUT2D eigenvalue weighted by atomic mass is 79.9. The molecule has 0 aliphatic heterocycles. The molecule has 4 nitrogen and oxygen atoms in total. The number of aliphatic hydroxyl groups is 1. The van der Waals surface area contributed by atoms with E-state index in [0.29, 0.717) is 16.2 Å². The van der Waals surface area contributed by atoms with E-state index in [2.05, 4.69) is 31.2 Å². The highest BCUT2D eigenvalue weighted by molar-refractivity contribution is 9.10. The van der Waals surface area contributed by atoms with Gasteiger partial charge in [-0.25, -0.2) is 18.7 Å². The molecule has 0 aliphatic carbocycles. The van der Waals surface area contributed by atoms with Gasteiger partial charge in [0, 0.05) is 11.5 Å². The van der Waals surface area contributed by atoms with Crippen molar-refractivity contribution in [3.05, 3.63) is 16.5 Å². The van der Waals surface area contributed by atoms with E-state index in [0.717, 1.165) is 0 Å². The van der Waals surface area contributed by atoms with Crippen LogP contribution in [0.4, 0.5) is 14.6 Å². The lowest BCUT2D eigenvalue weighted by Crippen LogP contribution is -2.31. The minimum absolute atomic E-state index is 0.278. The molecule has 0 aromatic carbocycles. The van der Waals surface area contributed by atoms with Crippen molar-refractivity contribution in [1.82, 2.24) is 9.97 Å². The fraction of sp³-hybridized carbons (Fsp3) is 0.636. The van der Waals surface area contributed by atoms with E-state index in [-0.39, 0.29) is 5.41 Å². The van der Waals surface area contributed by atoms with Crippen molar-refractivity contribution in [2.45, 2.75) is 32.1 Å². The first-order valence-electron chi connectivity index (χ1n) is 5.42. The van der Waals surface area contributed by atoms with Crippen LogP contribution in [0.5, 0.6) is 0 Å². The molecule has 0 aliphatic rings. The summed E-state index contributed by atoms with van der Waals surface area (Å²) in [4.78, 5) is 8.37. The lowest BCUT2D eigenvalue weighted by molar-refractivity contribution is -0.0373. The Morgan fingerprint density at radius 2 is 1.94 bits per heavy atom. The van der Waals surface area contributed by atoms with Crippen LogP contribution in [0, 0.1) is 0 Å². The fourth-order valence-electron chi connectivity index (χ4n) is 1.12. The number of hydrogen-bond donors (Lipinski definition) is 2. The number of aromatic nitrogens is 2. The Labute approximate surface area is 113 Å². The van der Waals surface area contributed by atoms with Crippen molar-refractivity contribution in [2.75, 3.05) is 18.5 Å². The van der Waals surface area contributed by atoms with Gasteiger partial charge in [0.05, 0.1) is 6.54 Å². The molecule has 0 fully saturated rings. The second-order valence-corrected chi connectivity index (χ2v) is 5.83. The average molecular weight is 324 g/mol. The Hall–Kier alpha value is -0.820. The van der Waals surface area contributed by atoms with E-state index in [9.17, 15) is 8.78 Å². The zero-order valence-electron chi connectivity index (χ0n) is 10.5. The summed E-state index contributed by atoms with van der Waals surface area (Å²) >= 11 is 3.21. The van der Waals surface area contributed by atoms with E-state index in [4.69, 9.17) is 5.11 Å². The van der Waals surface area contributed by atoms with Crippen LogP contribution in [-0.2, 0) is 5.41 Å². The Morgan fingerprint density at radius 1 is 1.33 bits per heavy atom. The van der Waals surface area contributed by atoms with Gasteiger partial charge in [-0.05, 0) is 15.9 Å². The quantitative estimate of drug-likeness (QED) is 0.836. The summed E-state index contributed by atoms with van der Waals surface area (Å²) in [5, 5.41) is 11.0. The third kappa shape index (κ3) is 4.45. The zero-order valence-corrected chi connectivity index (χ0v) is 12.1. The maximum atomic E-state index is 12.9. The predicted octanol–water partition coefficient (Wildman–Crippen LogP) is 2.58. The topological polar surface area (TPSA) is 58.0 Å². The van der Waals surface area contributed by atoms with Crippen LogP contribution in [0.2, 0.25) is 0 Å². The van der Waals surface area contributed by atoms with Crippen molar-refractivity contribution in [1.29, 1.82) is 0 Å². The van der Waals surface area contributed by atoms with Gasteiger partial charge in [0.15, 0.2) is 0 Å². The molecule has 0 bridgehead atoms. The van der Waals surface area contributed by atoms with E-state index in [1.54, 1.807) is 0 Å². The van der Waals surface area contributed by atoms with Crippen LogP contribution in [-0.4, -0.2) is 34.1 Å². The molecule has 102 valence electrons. The van der Waals surface area contributed by atoms with Crippen LogP contribution < -0.4 is 5.32 Å². The van der Waals surface area contributed by atoms with Crippen LogP contribution in [0.1, 0.15) is 26.6 Å². The summed E-state index contributed by atoms with van der Waals surface area (Å²) in [6.07, 6.45) is 0. The molecule has 0 unspecified atom stereocenters. The van der Waals surface area contributed by atoms with Gasteiger partial charge < -0.3 is 10.4 Å². The third-order valence-electron chi connectivity index (χ3n) is 2.13. The molecule has 1 aromatic rings. The molecule has 1 rings (SSSR count). The smallest absolute Gasteiger partial charge is 0.287 e. The van der Waals surface area contributed by atoms with Crippen molar-refractivity contribution in [3.8, 4) is 0 Å². The van der Waals surface area contributed by atoms with Crippen molar-refractivity contribution in [2.24, 2.45) is 0 Å². The number of alkyl halides is 2. The molecule has 7 heteroatoms. The number of aliphatic hydroxyl groups excluding tert-OH is 1. The molecular formula is C11H16BrF2N3O. The van der Waals surface area contributed by atoms with Gasteiger partial charge in [0.25, 0.3) is 5.92 Å². The average Bonchev–Trinajstić information content (AvgIpc) is 2.25. The highest BCUT2D eigenvalue weighted by Gasteiger charge is 2.27. The summed E-state index contributed by atoms with van der Waals surface area (Å²) in [7, 11) is 0. The Balaban J connectivity index is 2.88. The standard InChI is InChI=1S/C11H16BrF2N3O/c1-10(2,3)9-16-7(12)4-8(17-9)15-5-11(13,14)6-18/h4,18H,5-6H2,1-3H3,(H,15,16,17). The fourth-order valence-corrected chi connectivity index (χ4v) is 1.50. The van der Waals surface area contributed by atoms with Gasteiger partial charge >= 0.3 is 0 Å². The van der Waals surface area contributed by atoms with Gasteiger partial charge in [-0.15, -0.1) is 0 Å². The predicted molar refractivity (Wildman–Crippen MR) is 69.0 cm³/mol. The van der Waals surface area contributed by atoms with E-state index < -0.39 is 19.1 Å². The number of rotatable bonds is 4. The Morgan fingerprint density at radius 3 is 2.44 bits per heavy atom. The first kappa shape index (κ1) is 15.2. The summed E-state index contributed by atoms with van der Waals surface area (Å²) in [5.41, 5.74) is -0.278. The van der Waals surface area contributed by atoms with E-state index in [1.807, 2.05) is 20.8 Å². The zero-order chi connectivity index (χ0) is 14.0. The molecule has 0 spiro atoms. The minimum Gasteiger partial charge on any atom is -0.390 e. The molecule has 0 saturated heterocycles. The Kier molecular flexibility index (Phi) is 4.61. The third-order valence-corrected chi connectivity index (χ3v) is 2.53. The van der Waals surface area contributed by atoms with Gasteiger partial charge in [0.1, 0.15) is 22.9 Å². The molecule has 0 radical (unpaired) electrons. The molecular weight excluding hydrogens is 308 g/mol. The lowest BCUT2D eigenvalue weighted by Gasteiger charge is -2.19. The summed E-state index contributed by atoms with van der Waals surface area (Å²) in [6, 6.07) is 1.52. The van der Waals surface area contributed by atoms with E-state index >= 15 is 0 Å². The number of hydrogen-bond acceptors (Lipinski definition) is 4. The minimum atomic E-state index is -3.17. The molecule has 1 heterocycles. The second-order valence-electron chi connectivity index (χ2n) is 5.02. The molecule has 0 saturated carbocycles. The number of nitrogens with zero attached hydrogens (tertiary/aromatic N) is 2.